The van der Waals surface area contributed by atoms with Crippen LogP contribution >= 0.6 is 0 Å². The van der Waals surface area contributed by atoms with E-state index in [1.807, 2.05) is 47.6 Å². The van der Waals surface area contributed by atoms with Crippen molar-refractivity contribution in [3.05, 3.63) is 69.9 Å². The van der Waals surface area contributed by atoms with Crippen LogP contribution in [0.4, 0.5) is 0 Å². The van der Waals surface area contributed by atoms with Crippen LogP contribution in [0.5, 0.6) is 0 Å². The van der Waals surface area contributed by atoms with Gasteiger partial charge in [0.1, 0.15) is 34.6 Å². The Balaban J connectivity index is 0.000000130. The van der Waals surface area contributed by atoms with E-state index in [1.54, 1.807) is 58.1 Å². The molecular formula is C60H84O16. The molecule has 0 amide bonds. The first-order chi connectivity index (χ1) is 34.9. The highest BCUT2D eigenvalue weighted by Crippen LogP contribution is 2.77. The Morgan fingerprint density at radius 2 is 1.09 bits per heavy atom. The predicted octanol–water partition coefficient (Wildman–Crippen LogP) is 1.70. The maximum atomic E-state index is 13.7. The van der Waals surface area contributed by atoms with Crippen molar-refractivity contribution in [3.63, 3.8) is 0 Å². The molecule has 16 heteroatoms. The van der Waals surface area contributed by atoms with Crippen molar-refractivity contribution in [2.45, 2.75) is 166 Å². The second kappa shape index (κ2) is 16.5. The Kier molecular flexibility index (Phi) is 12.2. The Bertz CT molecular complexity index is 2770. The van der Waals surface area contributed by atoms with Gasteiger partial charge in [0.15, 0.2) is 17.3 Å². The van der Waals surface area contributed by atoms with Crippen molar-refractivity contribution in [1.82, 2.24) is 0 Å². The van der Waals surface area contributed by atoms with E-state index < -0.39 is 122 Å². The van der Waals surface area contributed by atoms with Gasteiger partial charge in [0.25, 0.3) is 0 Å². The number of aliphatic hydroxyl groups excluding tert-OH is 6. The molecule has 76 heavy (non-hydrogen) atoms. The third-order valence-corrected chi connectivity index (χ3v) is 23.9. The van der Waals surface area contributed by atoms with Gasteiger partial charge in [-0.2, -0.15) is 0 Å². The van der Waals surface area contributed by atoms with E-state index in [1.165, 1.54) is 0 Å². The van der Waals surface area contributed by atoms with Gasteiger partial charge in [-0.15, -0.1) is 0 Å². The Morgan fingerprint density at radius 3 is 1.59 bits per heavy atom. The second-order valence-corrected chi connectivity index (χ2v) is 28.1. The van der Waals surface area contributed by atoms with Gasteiger partial charge in [-0.05, 0) is 96.1 Å². The van der Waals surface area contributed by atoms with Crippen molar-refractivity contribution in [1.29, 1.82) is 0 Å². The van der Waals surface area contributed by atoms with E-state index >= 15 is 0 Å². The summed E-state index contributed by atoms with van der Waals surface area (Å²) >= 11 is 0. The minimum Gasteiger partial charge on any atom is -0.392 e. The number of carbonyl (C=O) groups excluding carboxylic acids is 3. The molecule has 0 unspecified atom stereocenters. The van der Waals surface area contributed by atoms with E-state index in [0.29, 0.717) is 40.2 Å². The lowest BCUT2D eigenvalue weighted by atomic mass is 9.59. The Morgan fingerprint density at radius 1 is 0.592 bits per heavy atom. The molecule has 0 aromatic carbocycles. The standard InChI is InChI=1S/C20H28O6.2C20H28O5/c1-9-5-13-18(24,15(9)22)7-11(8-21)6-12-14-17(3,4)20(14,26)16(23)10(2)19(12,13)25;1-10-5-14-18(23,16(10)22)8-12(9-21)6-13-15-17(3,4)19(15,24)7-11(2)20(13,14)25;1-9-7-19-10(2)5-13-14(18(13,3)4)12(17(19)24)6-11(8-21)16(23)20(19,25)15(9)22/h5-6,10,12-14,16,21,23-26H,7-8H2,1-4H3;5-6,11,13-15,21,23-25H,7-9H2,1-4H3;6-7,10,12-16,21-23,25H,5,8H2,1-4H3/t10-,12+,13-,14-,16-,18-,19-,20-;11-,13+,14-,15-,18-,19+,20-;10-,12+,13-,14+,15+,16-,19+,20-/m111/s1. The molecule has 1 spiro atoms. The molecule has 420 valence electrons. The minimum absolute atomic E-state index is 0.0245. The van der Waals surface area contributed by atoms with Gasteiger partial charge in [-0.25, -0.2) is 0 Å². The molecule has 0 aromatic heterocycles. The molecule has 2 bridgehead atoms. The molecule has 12 rings (SSSR count). The topological polar surface area (TPSA) is 314 Å². The van der Waals surface area contributed by atoms with Crippen molar-refractivity contribution >= 4 is 17.3 Å². The summed E-state index contributed by atoms with van der Waals surface area (Å²) in [6.07, 6.45) is 7.42. The summed E-state index contributed by atoms with van der Waals surface area (Å²) < 4.78 is 0. The summed E-state index contributed by atoms with van der Waals surface area (Å²) in [6, 6.07) is 0. The van der Waals surface area contributed by atoms with Crippen LogP contribution in [-0.4, -0.2) is 161 Å². The lowest BCUT2D eigenvalue weighted by Crippen LogP contribution is -2.65. The number of rotatable bonds is 3. The lowest BCUT2D eigenvalue weighted by Gasteiger charge is -2.51. The highest BCUT2D eigenvalue weighted by molar-refractivity contribution is 6.05. The molecule has 0 aliphatic heterocycles. The van der Waals surface area contributed by atoms with E-state index in [-0.39, 0.29) is 77.7 Å². The smallest absolute Gasteiger partial charge is 0.190 e. The van der Waals surface area contributed by atoms with E-state index in [9.17, 15) is 80.8 Å². The van der Waals surface area contributed by atoms with Crippen molar-refractivity contribution in [2.24, 2.45) is 92.7 Å². The molecule has 16 nitrogen and oxygen atoms in total. The van der Waals surface area contributed by atoms with Gasteiger partial charge in [0, 0.05) is 71.0 Å². The average Bonchev–Trinajstić information content (AvgIpc) is 4.17. The fourth-order valence-electron chi connectivity index (χ4n) is 19.3. The zero-order chi connectivity index (χ0) is 56.5. The van der Waals surface area contributed by atoms with Crippen LogP contribution in [0.25, 0.3) is 0 Å². The van der Waals surface area contributed by atoms with E-state index in [2.05, 4.69) is 13.8 Å². The van der Waals surface area contributed by atoms with Gasteiger partial charge in [-0.1, -0.05) is 98.8 Å². The number of carbonyl (C=O) groups is 3. The molecule has 6 fully saturated rings. The first-order valence-electron chi connectivity index (χ1n) is 27.6. The summed E-state index contributed by atoms with van der Waals surface area (Å²) in [5.74, 6) is -5.38. The van der Waals surface area contributed by atoms with Gasteiger partial charge in [0.2, 0.25) is 0 Å². The first-order valence-corrected chi connectivity index (χ1v) is 27.6. The molecule has 0 heterocycles. The van der Waals surface area contributed by atoms with Crippen molar-refractivity contribution < 1.29 is 80.8 Å². The number of Topliss-reactive ketones (excluding diaryl/α,β-unsaturated/α-hetero) is 3. The van der Waals surface area contributed by atoms with Gasteiger partial charge in [0.05, 0.1) is 48.1 Å². The normalized spacial score (nSPS) is 53.6. The molecular weight excluding hydrogens is 977 g/mol. The number of ketones is 3. The van der Waals surface area contributed by atoms with Crippen LogP contribution in [-0.2, 0) is 14.4 Å². The van der Waals surface area contributed by atoms with Crippen LogP contribution in [0, 0.1) is 92.7 Å². The van der Waals surface area contributed by atoms with Gasteiger partial charge in [-0.3, -0.25) is 14.4 Å². The third-order valence-electron chi connectivity index (χ3n) is 23.9. The number of allylic oxidation sites excluding steroid dienone is 1. The van der Waals surface area contributed by atoms with Gasteiger partial charge < -0.3 is 66.4 Å². The zero-order valence-corrected chi connectivity index (χ0v) is 46.1. The summed E-state index contributed by atoms with van der Waals surface area (Å²) in [4.78, 5) is 39.1. The fourth-order valence-corrected chi connectivity index (χ4v) is 19.3. The summed E-state index contributed by atoms with van der Waals surface area (Å²) in [5.41, 5.74) is -10.4. The molecule has 0 radical (unpaired) electrons. The molecule has 23 atom stereocenters. The predicted molar refractivity (Wildman–Crippen MR) is 276 cm³/mol. The molecule has 12 aliphatic carbocycles. The van der Waals surface area contributed by atoms with Crippen LogP contribution < -0.4 is 0 Å². The third kappa shape index (κ3) is 6.34. The maximum Gasteiger partial charge on any atom is 0.190 e. The van der Waals surface area contributed by atoms with Crippen molar-refractivity contribution in [2.75, 3.05) is 19.8 Å². The van der Waals surface area contributed by atoms with E-state index in [4.69, 9.17) is 0 Å². The van der Waals surface area contributed by atoms with Crippen LogP contribution in [0.15, 0.2) is 69.9 Å². The van der Waals surface area contributed by atoms with Crippen LogP contribution in [0.1, 0.15) is 109 Å². The highest BCUT2D eigenvalue weighted by atomic mass is 16.4. The first kappa shape index (κ1) is 56.2. The van der Waals surface area contributed by atoms with Crippen LogP contribution in [0.2, 0.25) is 0 Å². The largest absolute Gasteiger partial charge is 0.392 e. The van der Waals surface area contributed by atoms with E-state index in [0.717, 1.165) is 6.42 Å². The van der Waals surface area contributed by atoms with Crippen molar-refractivity contribution in [3.8, 4) is 0 Å². The quantitative estimate of drug-likeness (QED) is 0.179. The zero-order valence-electron chi connectivity index (χ0n) is 46.1. The maximum absolute atomic E-state index is 13.7. The Labute approximate surface area is 445 Å². The highest BCUT2D eigenvalue weighted by Gasteiger charge is 2.85. The average molecular weight is 1060 g/mol. The molecule has 0 aromatic rings. The number of fused-ring (bicyclic) bond motifs is 13. The monoisotopic (exact) mass is 1060 g/mol. The SMILES string of the molecule is CC1=C[C@H]2[C@@]3(O)[C@H](C)C[C@]4(O)[C@H]([C@@H]3C=C(CO)C[C@]2(O)C1=O)C4(C)C.CC1=C[C@H]2[C@@]3(O)[C@H](C)[C@@H](O)[C@]4(O)[C@H]([C@@H]3C=C(CO)C[C@]2(O)C1=O)C4(C)C.CC1=C[C@]23C(=O)[C@@H](C=C(CO)[C@@H](O)[C@]2(O)[C@H]1O)[C@H]1[C@@H](C[C@H]3C)C1(C)C. The summed E-state index contributed by atoms with van der Waals surface area (Å²) in [6.45, 7) is 21.4. The molecule has 12 aliphatic rings. The second-order valence-electron chi connectivity index (χ2n) is 28.1. The Hall–Kier alpha value is -3.07. The number of hydrogen-bond acceptors (Lipinski definition) is 16. The number of hydrogen-bond donors (Lipinski definition) is 13. The van der Waals surface area contributed by atoms with Gasteiger partial charge >= 0.3 is 0 Å². The fraction of sp³-hybridized carbons (Fsp3) is 0.750. The van der Waals surface area contributed by atoms with Crippen LogP contribution in [0.3, 0.4) is 0 Å². The summed E-state index contributed by atoms with van der Waals surface area (Å²) in [5, 5.41) is 142. The molecule has 0 saturated heterocycles. The number of aliphatic hydroxyl groups is 13. The summed E-state index contributed by atoms with van der Waals surface area (Å²) in [7, 11) is 0. The molecule has 13 N–H and O–H groups in total. The lowest BCUT2D eigenvalue weighted by molar-refractivity contribution is -0.209. The molecule has 6 saturated carbocycles. The minimum atomic E-state index is -2.03.